The van der Waals surface area contributed by atoms with Crippen LogP contribution in [0.2, 0.25) is 0 Å². The van der Waals surface area contributed by atoms with E-state index in [0.717, 1.165) is 5.56 Å². The number of benzene rings is 3. The van der Waals surface area contributed by atoms with Crippen LogP contribution in [0, 0.1) is 0 Å². The highest BCUT2D eigenvalue weighted by Crippen LogP contribution is 2.52. The largest absolute Gasteiger partial charge is 0.507 e. The summed E-state index contributed by atoms with van der Waals surface area (Å²) in [5.41, 5.74) is 2.38. The van der Waals surface area contributed by atoms with E-state index in [0.29, 0.717) is 45.4 Å². The molecule has 4 aliphatic rings. The normalized spacial score (nSPS) is 20.3. The third-order valence-electron chi connectivity index (χ3n) is 8.42. The first-order valence-electron chi connectivity index (χ1n) is 15.1. The van der Waals surface area contributed by atoms with E-state index < -0.39 is 17.6 Å². The van der Waals surface area contributed by atoms with Gasteiger partial charge in [-0.2, -0.15) is 0 Å². The number of hydrogen-bond acceptors (Lipinski definition) is 9. The van der Waals surface area contributed by atoms with Crippen molar-refractivity contribution < 1.29 is 43.2 Å². The molecule has 3 aromatic rings. The van der Waals surface area contributed by atoms with Crippen LogP contribution in [0.1, 0.15) is 52.7 Å². The second-order valence-electron chi connectivity index (χ2n) is 11.9. The van der Waals surface area contributed by atoms with Gasteiger partial charge in [0, 0.05) is 29.2 Å². The highest BCUT2D eigenvalue weighted by molar-refractivity contribution is 6.18. The van der Waals surface area contributed by atoms with E-state index in [1.807, 2.05) is 56.3 Å². The molecule has 1 N–H and O–H groups in total. The highest BCUT2D eigenvalue weighted by Gasteiger charge is 2.46. The summed E-state index contributed by atoms with van der Waals surface area (Å²) in [6.45, 7) is 7.77. The van der Waals surface area contributed by atoms with Crippen LogP contribution in [-0.2, 0) is 9.59 Å². The highest BCUT2D eigenvalue weighted by atomic mass is 16.5. The Morgan fingerprint density at radius 1 is 0.979 bits per heavy atom. The molecule has 3 heterocycles. The quantitative estimate of drug-likeness (QED) is 0.255. The molecule has 0 bridgehead atoms. The monoisotopic (exact) mass is 634 g/mol. The molecule has 0 aromatic heterocycles. The number of ketones is 3. The first-order chi connectivity index (χ1) is 22.5. The number of hydrogen-bond donors (Lipinski definition) is 1. The zero-order valence-corrected chi connectivity index (χ0v) is 26.4. The van der Waals surface area contributed by atoms with Crippen LogP contribution < -0.4 is 23.7 Å². The smallest absolute Gasteiger partial charge is 0.183 e. The average molecular weight is 635 g/mol. The number of phenolic OH excluding ortho intramolecular Hbond substituents is 1. The molecular formula is C38H34O9. The van der Waals surface area contributed by atoms with Gasteiger partial charge in [-0.1, -0.05) is 36.4 Å². The lowest BCUT2D eigenvalue weighted by atomic mass is 9.80. The molecule has 3 atom stereocenters. The summed E-state index contributed by atoms with van der Waals surface area (Å²) in [4.78, 5) is 36.6. The lowest BCUT2D eigenvalue weighted by Gasteiger charge is -2.39. The molecule has 240 valence electrons. The van der Waals surface area contributed by atoms with Crippen LogP contribution in [0.4, 0.5) is 0 Å². The van der Waals surface area contributed by atoms with Crippen molar-refractivity contribution in [2.24, 2.45) is 0 Å². The summed E-state index contributed by atoms with van der Waals surface area (Å²) in [6, 6.07) is 14.5. The van der Waals surface area contributed by atoms with Crippen molar-refractivity contribution >= 4 is 23.4 Å². The predicted octanol–water partition coefficient (Wildman–Crippen LogP) is 6.30. The zero-order chi connectivity index (χ0) is 33.5. The Bertz CT molecular complexity index is 1880. The molecule has 7 rings (SSSR count). The van der Waals surface area contributed by atoms with Gasteiger partial charge in [0.25, 0.3) is 0 Å². The maximum Gasteiger partial charge on any atom is 0.183 e. The Morgan fingerprint density at radius 3 is 2.40 bits per heavy atom. The van der Waals surface area contributed by atoms with E-state index in [9.17, 15) is 19.5 Å². The van der Waals surface area contributed by atoms with Crippen LogP contribution in [0.3, 0.4) is 0 Å². The molecule has 0 radical (unpaired) electrons. The number of Topliss-reactive ketones (excluding diaryl/α,β-unsaturated/α-hetero) is 1. The number of methoxy groups -OCH3 is 2. The van der Waals surface area contributed by atoms with Gasteiger partial charge in [0.15, 0.2) is 28.8 Å². The third kappa shape index (κ3) is 5.80. The van der Waals surface area contributed by atoms with E-state index in [-0.39, 0.29) is 41.2 Å². The van der Waals surface area contributed by atoms with Crippen LogP contribution in [0.15, 0.2) is 91.1 Å². The van der Waals surface area contributed by atoms with Crippen LogP contribution >= 0.6 is 0 Å². The fraction of sp³-hybridized carbons (Fsp3) is 0.237. The molecule has 3 aliphatic heterocycles. The Morgan fingerprint density at radius 2 is 1.70 bits per heavy atom. The number of fused-ring (bicyclic) bond motifs is 6. The van der Waals surface area contributed by atoms with Gasteiger partial charge >= 0.3 is 0 Å². The number of carbonyl (C=O) groups excluding carboxylic acids is 3. The minimum absolute atomic E-state index is 0.127. The van der Waals surface area contributed by atoms with Gasteiger partial charge in [0.2, 0.25) is 0 Å². The van der Waals surface area contributed by atoms with Crippen molar-refractivity contribution in [3.05, 3.63) is 113 Å². The van der Waals surface area contributed by atoms with Gasteiger partial charge < -0.3 is 28.8 Å². The summed E-state index contributed by atoms with van der Waals surface area (Å²) in [6.07, 6.45) is 8.92. The van der Waals surface area contributed by atoms with Gasteiger partial charge in [-0.05, 0) is 55.9 Å². The molecule has 0 fully saturated rings. The van der Waals surface area contributed by atoms with Gasteiger partial charge in [-0.25, -0.2) is 0 Å². The van der Waals surface area contributed by atoms with Gasteiger partial charge in [0.05, 0.1) is 25.7 Å². The van der Waals surface area contributed by atoms with E-state index in [1.54, 1.807) is 25.3 Å². The SMILES string of the molecule is C=CC(C1=CC(=O)C=CC1=O)c1ccccc1.COc1cc2c(cc1OC)C1C(=O)c3c(O)cc4c(c3OC1CO2)C=CC(C)(C)O4. The van der Waals surface area contributed by atoms with Gasteiger partial charge in [0.1, 0.15) is 46.9 Å². The third-order valence-corrected chi connectivity index (χ3v) is 8.42. The number of ether oxygens (including phenoxy) is 5. The van der Waals surface area contributed by atoms with Crippen LogP contribution in [0.5, 0.6) is 34.5 Å². The van der Waals surface area contributed by atoms with E-state index in [2.05, 4.69) is 6.58 Å². The first kappa shape index (κ1) is 31.4. The van der Waals surface area contributed by atoms with Crippen LogP contribution in [-0.4, -0.2) is 55.0 Å². The van der Waals surface area contributed by atoms with Crippen molar-refractivity contribution in [2.45, 2.75) is 37.4 Å². The minimum atomic E-state index is -0.630. The Labute approximate surface area is 272 Å². The van der Waals surface area contributed by atoms with E-state index >= 15 is 0 Å². The summed E-state index contributed by atoms with van der Waals surface area (Å²) >= 11 is 0. The molecule has 0 saturated carbocycles. The molecule has 9 nitrogen and oxygen atoms in total. The Hall–Kier alpha value is -5.57. The average Bonchev–Trinajstić information content (AvgIpc) is 3.06. The molecular weight excluding hydrogens is 600 g/mol. The maximum absolute atomic E-state index is 13.6. The molecule has 47 heavy (non-hydrogen) atoms. The summed E-state index contributed by atoms with van der Waals surface area (Å²) in [5, 5.41) is 10.7. The number of allylic oxidation sites excluding steroid dienone is 5. The lowest BCUT2D eigenvalue weighted by molar-refractivity contribution is -0.114. The zero-order valence-electron chi connectivity index (χ0n) is 26.4. The van der Waals surface area contributed by atoms with E-state index in [4.69, 9.17) is 23.7 Å². The topological polar surface area (TPSA) is 118 Å². The first-order valence-corrected chi connectivity index (χ1v) is 15.1. The summed E-state index contributed by atoms with van der Waals surface area (Å²) < 4.78 is 28.8. The molecule has 0 spiro atoms. The van der Waals surface area contributed by atoms with Crippen molar-refractivity contribution in [1.82, 2.24) is 0 Å². The Kier molecular flexibility index (Phi) is 8.23. The maximum atomic E-state index is 13.6. The second-order valence-corrected chi connectivity index (χ2v) is 11.9. The fourth-order valence-corrected chi connectivity index (χ4v) is 6.15. The lowest BCUT2D eigenvalue weighted by Crippen LogP contribution is -2.43. The number of phenols is 1. The molecule has 3 unspecified atom stereocenters. The van der Waals surface area contributed by atoms with Crippen LogP contribution in [0.25, 0.3) is 6.08 Å². The number of rotatable bonds is 5. The molecule has 9 heteroatoms. The molecule has 0 saturated heterocycles. The summed E-state index contributed by atoms with van der Waals surface area (Å²) in [5.74, 6) is 0.839. The second kappa shape index (κ2) is 12.3. The van der Waals surface area contributed by atoms with Crippen molar-refractivity contribution in [1.29, 1.82) is 0 Å². The fourth-order valence-electron chi connectivity index (χ4n) is 6.15. The number of aromatic hydroxyl groups is 1. The van der Waals surface area contributed by atoms with Crippen molar-refractivity contribution in [3.8, 4) is 34.5 Å². The molecule has 3 aromatic carbocycles. The molecule has 0 amide bonds. The summed E-state index contributed by atoms with van der Waals surface area (Å²) in [7, 11) is 3.07. The Balaban J connectivity index is 0.000000193. The van der Waals surface area contributed by atoms with Crippen molar-refractivity contribution in [2.75, 3.05) is 20.8 Å². The standard InChI is InChI=1S/C23H22O7.C15H12O2/c1-23(2)6-5-11-15(30-23)8-13(24)20-21(25)19-12-7-16(26-3)17(27-4)9-14(12)28-10-18(19)29-22(11)20;1-2-13(11-6-4-3-5-7-11)14-10-12(16)8-9-15(14)17/h5-9,18-19,24H,10H2,1-4H3;2-10,13H,1H2. The van der Waals surface area contributed by atoms with Gasteiger partial charge in [-0.3, -0.25) is 14.4 Å². The van der Waals surface area contributed by atoms with Gasteiger partial charge in [-0.15, -0.1) is 6.58 Å². The minimum Gasteiger partial charge on any atom is -0.507 e. The number of carbonyl (C=O) groups is 3. The molecule has 1 aliphatic carbocycles. The van der Waals surface area contributed by atoms with Crippen molar-refractivity contribution in [3.63, 3.8) is 0 Å². The van der Waals surface area contributed by atoms with E-state index in [1.165, 1.54) is 31.4 Å². The predicted molar refractivity (Wildman–Crippen MR) is 175 cm³/mol.